The first kappa shape index (κ1) is 13.4. The van der Waals surface area contributed by atoms with Crippen LogP contribution in [0.3, 0.4) is 0 Å². The maximum absolute atomic E-state index is 12.1. The van der Waals surface area contributed by atoms with Crippen LogP contribution in [0, 0.1) is 0 Å². The van der Waals surface area contributed by atoms with Crippen molar-refractivity contribution in [2.24, 2.45) is 0 Å². The standard InChI is InChI=1S/C11H18BrN3OS/c1-11(2,3)17(16)14-8-5-4-6-15-9(8)7-10(12)13-15/h7-8,14H,4-6H2,1-3H3/t8-,17-/m0/s1. The van der Waals surface area contributed by atoms with Crippen LogP contribution in [0.25, 0.3) is 0 Å². The molecule has 2 rings (SSSR count). The van der Waals surface area contributed by atoms with Crippen LogP contribution in [0.1, 0.15) is 45.3 Å². The van der Waals surface area contributed by atoms with Gasteiger partial charge in [-0.2, -0.15) is 5.10 Å². The summed E-state index contributed by atoms with van der Waals surface area (Å²) in [7, 11) is 0. The first-order valence-corrected chi connectivity index (χ1v) is 7.73. The fraction of sp³-hybridized carbons (Fsp3) is 0.727. The molecule has 0 bridgehead atoms. The molecule has 2 atom stereocenters. The molecule has 2 heterocycles. The van der Waals surface area contributed by atoms with Crippen LogP contribution in [0.5, 0.6) is 0 Å². The summed E-state index contributed by atoms with van der Waals surface area (Å²) in [6, 6.07) is 2.15. The lowest BCUT2D eigenvalue weighted by molar-refractivity contribution is 0.403. The minimum absolute atomic E-state index is 0.141. The Balaban J connectivity index is 2.13. The molecule has 17 heavy (non-hydrogen) atoms. The third-order valence-electron chi connectivity index (χ3n) is 2.81. The summed E-state index contributed by atoms with van der Waals surface area (Å²) in [5.74, 6) is 0. The second-order valence-corrected chi connectivity index (χ2v) is 8.12. The number of nitrogens with zero attached hydrogens (tertiary/aromatic N) is 2. The number of nitrogens with one attached hydrogen (secondary N) is 1. The molecule has 0 amide bonds. The van der Waals surface area contributed by atoms with E-state index in [1.54, 1.807) is 0 Å². The van der Waals surface area contributed by atoms with E-state index in [2.05, 4.69) is 25.8 Å². The van der Waals surface area contributed by atoms with E-state index in [-0.39, 0.29) is 10.8 Å². The Kier molecular flexibility index (Phi) is 3.87. The highest BCUT2D eigenvalue weighted by Crippen LogP contribution is 2.29. The molecule has 0 aromatic carbocycles. The van der Waals surface area contributed by atoms with Crippen LogP contribution in [-0.2, 0) is 17.9 Å². The van der Waals surface area contributed by atoms with E-state index in [0.29, 0.717) is 0 Å². The van der Waals surface area contributed by atoms with Gasteiger partial charge in [-0.3, -0.25) is 4.68 Å². The molecule has 1 N–H and O–H groups in total. The number of hydrogen-bond acceptors (Lipinski definition) is 3. The molecule has 1 aliphatic rings. The monoisotopic (exact) mass is 319 g/mol. The van der Waals surface area contributed by atoms with Crippen LogP contribution in [-0.4, -0.2) is 19.1 Å². The van der Waals surface area contributed by atoms with Gasteiger partial charge in [0.25, 0.3) is 0 Å². The first-order chi connectivity index (χ1) is 7.88. The summed E-state index contributed by atoms with van der Waals surface area (Å²) in [5.41, 5.74) is 1.13. The normalized spacial score (nSPS) is 22.3. The van der Waals surface area contributed by atoms with Crippen LogP contribution < -0.4 is 4.72 Å². The van der Waals surface area contributed by atoms with Crippen LogP contribution in [0.4, 0.5) is 0 Å². The Labute approximate surface area is 114 Å². The van der Waals surface area contributed by atoms with E-state index in [1.807, 2.05) is 31.5 Å². The molecule has 6 heteroatoms. The number of rotatable bonds is 2. The summed E-state index contributed by atoms with van der Waals surface area (Å²) in [5, 5.41) is 4.37. The van der Waals surface area contributed by atoms with Gasteiger partial charge in [0.15, 0.2) is 0 Å². The quantitative estimate of drug-likeness (QED) is 0.852. The highest BCUT2D eigenvalue weighted by atomic mass is 79.9. The summed E-state index contributed by atoms with van der Waals surface area (Å²) < 4.78 is 17.9. The first-order valence-electron chi connectivity index (χ1n) is 5.79. The second-order valence-electron chi connectivity index (χ2n) is 5.31. The average molecular weight is 320 g/mol. The molecule has 1 aliphatic heterocycles. The van der Waals surface area contributed by atoms with E-state index >= 15 is 0 Å². The van der Waals surface area contributed by atoms with Gasteiger partial charge in [0.2, 0.25) is 0 Å². The molecule has 1 aromatic rings. The van der Waals surface area contributed by atoms with E-state index in [4.69, 9.17) is 0 Å². The lowest BCUT2D eigenvalue weighted by Crippen LogP contribution is -2.42. The van der Waals surface area contributed by atoms with Crippen molar-refractivity contribution in [1.29, 1.82) is 0 Å². The lowest BCUT2D eigenvalue weighted by atomic mass is 10.1. The molecular weight excluding hydrogens is 302 g/mol. The zero-order valence-corrected chi connectivity index (χ0v) is 12.8. The van der Waals surface area contributed by atoms with Crippen molar-refractivity contribution in [2.45, 2.75) is 50.9 Å². The largest absolute Gasteiger partial charge is 0.598 e. The van der Waals surface area contributed by atoms with Gasteiger partial charge >= 0.3 is 0 Å². The van der Waals surface area contributed by atoms with Crippen LogP contribution in [0.2, 0.25) is 0 Å². The minimum Gasteiger partial charge on any atom is -0.598 e. The minimum atomic E-state index is -1.04. The topological polar surface area (TPSA) is 52.9 Å². The van der Waals surface area contributed by atoms with Gasteiger partial charge in [0.05, 0.1) is 11.7 Å². The zero-order valence-electron chi connectivity index (χ0n) is 10.4. The third-order valence-corrected chi connectivity index (χ3v) is 4.80. The van der Waals surface area contributed by atoms with Crippen molar-refractivity contribution in [3.8, 4) is 0 Å². The van der Waals surface area contributed by atoms with Crippen molar-refractivity contribution in [3.05, 3.63) is 16.4 Å². The fourth-order valence-corrected chi connectivity index (χ4v) is 3.15. The van der Waals surface area contributed by atoms with Gasteiger partial charge in [-0.25, -0.2) is 0 Å². The smallest absolute Gasteiger partial charge is 0.136 e. The van der Waals surface area contributed by atoms with Crippen LogP contribution in [0.15, 0.2) is 10.7 Å². The van der Waals surface area contributed by atoms with E-state index in [1.165, 1.54) is 0 Å². The lowest BCUT2D eigenvalue weighted by Gasteiger charge is -2.30. The third kappa shape index (κ3) is 3.05. The summed E-state index contributed by atoms with van der Waals surface area (Å²) in [6.45, 7) is 6.88. The Morgan fingerprint density at radius 3 is 2.94 bits per heavy atom. The Morgan fingerprint density at radius 1 is 1.59 bits per heavy atom. The Hall–Kier alpha value is -0.0400. The van der Waals surface area contributed by atoms with E-state index in [9.17, 15) is 4.55 Å². The predicted octanol–water partition coefficient (Wildman–Crippen LogP) is 2.53. The molecular formula is C11H18BrN3OS. The molecule has 4 nitrogen and oxygen atoms in total. The predicted molar refractivity (Wildman–Crippen MR) is 72.9 cm³/mol. The molecule has 0 aliphatic carbocycles. The van der Waals surface area contributed by atoms with Gasteiger partial charge < -0.3 is 4.55 Å². The summed E-state index contributed by atoms with van der Waals surface area (Å²) in [4.78, 5) is 0. The zero-order chi connectivity index (χ0) is 12.6. The van der Waals surface area contributed by atoms with Gasteiger partial charge in [-0.15, -0.1) is 4.72 Å². The Morgan fingerprint density at radius 2 is 2.29 bits per heavy atom. The molecule has 0 saturated heterocycles. The number of halogens is 1. The number of aromatic nitrogens is 2. The molecule has 0 fully saturated rings. The summed E-state index contributed by atoms with van der Waals surface area (Å²) >= 11 is 2.35. The van der Waals surface area contributed by atoms with Gasteiger partial charge in [-0.1, -0.05) is 0 Å². The fourth-order valence-electron chi connectivity index (χ4n) is 1.88. The van der Waals surface area contributed by atoms with Gasteiger partial charge in [0.1, 0.15) is 9.35 Å². The molecule has 0 unspecified atom stereocenters. The van der Waals surface area contributed by atoms with E-state index < -0.39 is 11.4 Å². The molecule has 96 valence electrons. The maximum atomic E-state index is 12.1. The van der Waals surface area contributed by atoms with Gasteiger partial charge in [-0.05, 0) is 55.6 Å². The highest BCUT2D eigenvalue weighted by molar-refractivity contribution is 9.10. The molecule has 0 saturated carbocycles. The van der Waals surface area contributed by atoms with Crippen molar-refractivity contribution < 1.29 is 4.55 Å². The van der Waals surface area contributed by atoms with Gasteiger partial charge in [0, 0.05) is 17.9 Å². The molecule has 0 radical (unpaired) electrons. The Bertz CT molecular complexity index is 402. The van der Waals surface area contributed by atoms with Crippen molar-refractivity contribution >= 4 is 27.3 Å². The second kappa shape index (κ2) is 4.91. The van der Waals surface area contributed by atoms with E-state index in [0.717, 1.165) is 29.7 Å². The highest BCUT2D eigenvalue weighted by Gasteiger charge is 2.32. The molecule has 0 spiro atoms. The number of fused-ring (bicyclic) bond motifs is 1. The summed E-state index contributed by atoms with van der Waals surface area (Å²) in [6.07, 6.45) is 2.08. The van der Waals surface area contributed by atoms with Crippen molar-refractivity contribution in [2.75, 3.05) is 0 Å². The average Bonchev–Trinajstić information content (AvgIpc) is 2.58. The molecule has 1 aromatic heterocycles. The van der Waals surface area contributed by atoms with Crippen molar-refractivity contribution in [3.63, 3.8) is 0 Å². The van der Waals surface area contributed by atoms with Crippen LogP contribution >= 0.6 is 15.9 Å². The number of hydrogen-bond donors (Lipinski definition) is 1. The maximum Gasteiger partial charge on any atom is 0.136 e. The number of aryl methyl sites for hydroxylation is 1. The SMILES string of the molecule is CC(C)(C)[S@+]([O-])N[C@H]1CCCn2nc(Br)cc21. The van der Waals surface area contributed by atoms with Crippen molar-refractivity contribution in [1.82, 2.24) is 14.5 Å².